The Kier molecular flexibility index (Phi) is 8.98. The van der Waals surface area contributed by atoms with Crippen molar-refractivity contribution < 1.29 is 19.2 Å². The maximum absolute atomic E-state index is 13.6. The normalized spacial score (nSPS) is 23.4. The van der Waals surface area contributed by atoms with Crippen molar-refractivity contribution in [3.63, 3.8) is 0 Å². The first kappa shape index (κ1) is 32.7. The van der Waals surface area contributed by atoms with E-state index in [1.54, 1.807) is 49.7 Å². The number of rotatable bonds is 8. The third kappa shape index (κ3) is 7.30. The molecular weight excluding hydrogens is 580 g/mol. The first-order chi connectivity index (χ1) is 20.4. The summed E-state index contributed by atoms with van der Waals surface area (Å²) in [7, 11) is 0. The van der Waals surface area contributed by atoms with Gasteiger partial charge in [-0.15, -0.1) is 0 Å². The number of hydrogen-bond donors (Lipinski definition) is 4. The number of urea groups is 1. The Morgan fingerprint density at radius 3 is 2.25 bits per heavy atom. The van der Waals surface area contributed by atoms with Crippen LogP contribution in [0, 0.1) is 16.2 Å². The van der Waals surface area contributed by atoms with E-state index in [-0.39, 0.29) is 24.3 Å². The van der Waals surface area contributed by atoms with Gasteiger partial charge in [0.25, 0.3) is 0 Å². The van der Waals surface area contributed by atoms with Gasteiger partial charge in [0.1, 0.15) is 12.1 Å². The molecule has 1 saturated carbocycles. The van der Waals surface area contributed by atoms with E-state index in [2.05, 4.69) is 16.0 Å². The molecule has 0 saturated heterocycles. The zero-order valence-corrected chi connectivity index (χ0v) is 26.8. The topological polar surface area (TPSA) is 148 Å². The van der Waals surface area contributed by atoms with Gasteiger partial charge in [0.05, 0.1) is 11.4 Å². The molecule has 3 unspecified atom stereocenters. The summed E-state index contributed by atoms with van der Waals surface area (Å²) in [5, 5.41) is 14.1. The minimum Gasteiger partial charge on any atom is -0.369 e. The zero-order chi connectivity index (χ0) is 32.5. The van der Waals surface area contributed by atoms with Crippen LogP contribution in [0.2, 0.25) is 5.02 Å². The zero-order valence-electron chi connectivity index (χ0n) is 26.1. The van der Waals surface area contributed by atoms with E-state index in [1.165, 1.54) is 0 Å². The van der Waals surface area contributed by atoms with Crippen LogP contribution in [0.5, 0.6) is 0 Å². The number of nitrogens with one attached hydrogen (secondary N) is 3. The molecule has 3 aromatic rings. The predicted octanol–water partition coefficient (Wildman–Crippen LogP) is 5.97. The lowest BCUT2D eigenvalue weighted by atomic mass is 9.54. The second kappa shape index (κ2) is 12.1. The van der Waals surface area contributed by atoms with Gasteiger partial charge in [-0.1, -0.05) is 65.3 Å². The van der Waals surface area contributed by atoms with E-state index in [0.29, 0.717) is 35.1 Å². The Bertz CT molecular complexity index is 1580. The number of anilines is 2. The second-order valence-electron chi connectivity index (χ2n) is 13.8. The largest absolute Gasteiger partial charge is 0.369 e. The number of nitrogens with two attached hydrogens (primary N) is 1. The van der Waals surface area contributed by atoms with Crippen LogP contribution >= 0.6 is 11.6 Å². The lowest BCUT2D eigenvalue weighted by Crippen LogP contribution is -2.54. The number of primary amides is 1. The van der Waals surface area contributed by atoms with Crippen molar-refractivity contribution in [3.8, 4) is 5.69 Å². The van der Waals surface area contributed by atoms with E-state index in [1.807, 2.05) is 51.1 Å². The third-order valence-corrected chi connectivity index (χ3v) is 8.48. The molecule has 0 aliphatic heterocycles. The van der Waals surface area contributed by atoms with Crippen molar-refractivity contribution in [2.24, 2.45) is 22.0 Å². The molecule has 1 fully saturated rings. The fourth-order valence-corrected chi connectivity index (χ4v) is 6.41. The molecule has 1 aliphatic rings. The molecule has 0 bridgehead atoms. The molecule has 44 heavy (non-hydrogen) atoms. The van der Waals surface area contributed by atoms with Crippen LogP contribution in [-0.2, 0) is 26.3 Å². The minimum atomic E-state index is -0.978. The van der Waals surface area contributed by atoms with Gasteiger partial charge in [-0.25, -0.2) is 9.48 Å². The minimum absolute atomic E-state index is 0.209. The van der Waals surface area contributed by atoms with Crippen LogP contribution < -0.4 is 21.7 Å². The lowest BCUT2D eigenvalue weighted by molar-refractivity contribution is -0.148. The van der Waals surface area contributed by atoms with Crippen molar-refractivity contribution in [1.29, 1.82) is 0 Å². The highest BCUT2D eigenvalue weighted by atomic mass is 35.5. The van der Waals surface area contributed by atoms with Gasteiger partial charge >= 0.3 is 6.03 Å². The molecule has 2 aromatic carbocycles. The van der Waals surface area contributed by atoms with Gasteiger partial charge < -0.3 is 21.2 Å². The second-order valence-corrected chi connectivity index (χ2v) is 14.2. The monoisotopic (exact) mass is 620 g/mol. The number of aromatic nitrogens is 2. The van der Waals surface area contributed by atoms with Crippen molar-refractivity contribution in [2.45, 2.75) is 72.8 Å². The fraction of sp³-hybridized carbons (Fsp3) is 0.424. The fourth-order valence-electron chi connectivity index (χ4n) is 6.29. The molecular formula is C33H41ClN6O4. The standard InChI is InChI=1S/C33H41ClN6O4/c1-30(2,3)25-15-26(38-29(44)37-23-12-10-22(34)11-13-23)40(39-25)24-9-7-8-21(14-24)16-36-28(43)33(6)18-31(4,20-41)17-32(5,19-33)27(35)42/h7-15,20H,16-19H2,1-6H3,(H2,35,42)(H,36,43)(H2,37,38,44). The summed E-state index contributed by atoms with van der Waals surface area (Å²) >= 11 is 5.96. The molecule has 4 rings (SSSR count). The maximum Gasteiger partial charge on any atom is 0.324 e. The molecule has 0 radical (unpaired) electrons. The summed E-state index contributed by atoms with van der Waals surface area (Å²) in [6.45, 7) is 11.6. The molecule has 1 heterocycles. The molecule has 1 aromatic heterocycles. The highest BCUT2D eigenvalue weighted by Crippen LogP contribution is 2.53. The summed E-state index contributed by atoms with van der Waals surface area (Å²) < 4.78 is 1.66. The molecule has 0 spiro atoms. The SMILES string of the molecule is CC1(C=O)CC(C)(C(N)=O)CC(C)(C(=O)NCc2cccc(-n3nc(C(C)(C)C)cc3NC(=O)Nc3ccc(Cl)cc3)c2)C1. The Balaban J connectivity index is 1.55. The number of hydrogen-bond acceptors (Lipinski definition) is 5. The predicted molar refractivity (Wildman–Crippen MR) is 172 cm³/mol. The molecule has 10 nitrogen and oxygen atoms in total. The molecule has 3 atom stereocenters. The third-order valence-electron chi connectivity index (χ3n) is 8.23. The van der Waals surface area contributed by atoms with Crippen LogP contribution in [-0.4, -0.2) is 33.9 Å². The van der Waals surface area contributed by atoms with Crippen LogP contribution in [0.15, 0.2) is 54.6 Å². The lowest BCUT2D eigenvalue weighted by Gasteiger charge is -2.48. The molecule has 1 aliphatic carbocycles. The van der Waals surface area contributed by atoms with Crippen LogP contribution in [0.3, 0.4) is 0 Å². The van der Waals surface area contributed by atoms with Crippen LogP contribution in [0.1, 0.15) is 72.1 Å². The van der Waals surface area contributed by atoms with Gasteiger partial charge in [-0.3, -0.25) is 14.9 Å². The summed E-state index contributed by atoms with van der Waals surface area (Å²) in [4.78, 5) is 50.8. The smallest absolute Gasteiger partial charge is 0.324 e. The van der Waals surface area contributed by atoms with Gasteiger partial charge in [0.15, 0.2) is 0 Å². The van der Waals surface area contributed by atoms with Crippen LogP contribution in [0.4, 0.5) is 16.3 Å². The van der Waals surface area contributed by atoms with Gasteiger partial charge in [0.2, 0.25) is 11.8 Å². The van der Waals surface area contributed by atoms with Crippen molar-refractivity contribution in [3.05, 3.63) is 70.9 Å². The average Bonchev–Trinajstić information content (AvgIpc) is 3.37. The van der Waals surface area contributed by atoms with Crippen molar-refractivity contribution in [2.75, 3.05) is 10.6 Å². The highest BCUT2D eigenvalue weighted by Gasteiger charge is 2.54. The summed E-state index contributed by atoms with van der Waals surface area (Å²) in [5.41, 5.74) is 5.50. The van der Waals surface area contributed by atoms with E-state index < -0.39 is 28.2 Å². The Hall–Kier alpha value is -4.18. The summed E-state index contributed by atoms with van der Waals surface area (Å²) in [6, 6.07) is 15.7. The van der Waals surface area contributed by atoms with E-state index in [4.69, 9.17) is 22.4 Å². The number of halogens is 1. The molecule has 234 valence electrons. The number of carbonyl (C=O) groups is 4. The number of aldehydes is 1. The number of carbonyl (C=O) groups excluding carboxylic acids is 4. The Morgan fingerprint density at radius 1 is 0.977 bits per heavy atom. The molecule has 5 N–H and O–H groups in total. The first-order valence-electron chi connectivity index (χ1n) is 14.5. The molecule has 11 heteroatoms. The maximum atomic E-state index is 13.6. The highest BCUT2D eigenvalue weighted by molar-refractivity contribution is 6.30. The average molecular weight is 621 g/mol. The van der Waals surface area contributed by atoms with E-state index in [9.17, 15) is 19.2 Å². The Labute approximate surface area is 263 Å². The number of benzene rings is 2. The van der Waals surface area contributed by atoms with Crippen molar-refractivity contribution in [1.82, 2.24) is 15.1 Å². The van der Waals surface area contributed by atoms with E-state index >= 15 is 0 Å². The van der Waals surface area contributed by atoms with Gasteiger partial charge in [-0.05, 0) is 61.2 Å². The van der Waals surface area contributed by atoms with Gasteiger partial charge in [0, 0.05) is 45.0 Å². The number of nitrogens with zero attached hydrogens (tertiary/aromatic N) is 2. The quantitative estimate of drug-likeness (QED) is 0.229. The summed E-state index contributed by atoms with van der Waals surface area (Å²) in [6.07, 6.45) is 1.70. The molecule has 4 amide bonds. The van der Waals surface area contributed by atoms with Crippen LogP contribution in [0.25, 0.3) is 5.69 Å². The van der Waals surface area contributed by atoms with Crippen molar-refractivity contribution >= 4 is 47.2 Å². The summed E-state index contributed by atoms with van der Waals surface area (Å²) in [5.74, 6) is -0.299. The van der Waals surface area contributed by atoms with E-state index in [0.717, 1.165) is 17.5 Å². The first-order valence-corrected chi connectivity index (χ1v) is 14.9. The van der Waals surface area contributed by atoms with Gasteiger partial charge in [-0.2, -0.15) is 5.10 Å². The Morgan fingerprint density at radius 2 is 1.64 bits per heavy atom. The number of amides is 4.